The number of benzene rings is 1. The molecule has 1 N–H and O–H groups in total. The van der Waals surface area contributed by atoms with Gasteiger partial charge >= 0.3 is 0 Å². The molecule has 118 valence electrons. The first kappa shape index (κ1) is 16.5. The zero-order chi connectivity index (χ0) is 15.9. The molecule has 1 unspecified atom stereocenters. The van der Waals surface area contributed by atoms with E-state index in [9.17, 15) is 4.79 Å². The normalized spacial score (nSPS) is 12.2. The highest BCUT2D eigenvalue weighted by atomic mass is 32.1. The van der Waals surface area contributed by atoms with Gasteiger partial charge in [0.2, 0.25) is 5.91 Å². The van der Waals surface area contributed by atoms with Gasteiger partial charge in [-0.3, -0.25) is 9.69 Å². The van der Waals surface area contributed by atoms with Crippen molar-refractivity contribution < 1.29 is 9.53 Å². The van der Waals surface area contributed by atoms with E-state index >= 15 is 0 Å². The number of nitrogens with zero attached hydrogens (tertiary/aromatic N) is 1. The van der Waals surface area contributed by atoms with E-state index in [-0.39, 0.29) is 11.9 Å². The van der Waals surface area contributed by atoms with Gasteiger partial charge in [0.1, 0.15) is 5.75 Å². The maximum absolute atomic E-state index is 12.1. The summed E-state index contributed by atoms with van der Waals surface area (Å²) < 4.78 is 5.34. The topological polar surface area (TPSA) is 41.6 Å². The number of amides is 1. The maximum atomic E-state index is 12.1. The Bertz CT molecular complexity index is 598. The van der Waals surface area contributed by atoms with E-state index in [0.29, 0.717) is 13.1 Å². The Kier molecular flexibility index (Phi) is 5.98. The van der Waals surface area contributed by atoms with E-state index in [1.165, 1.54) is 4.88 Å². The molecule has 5 heteroatoms. The van der Waals surface area contributed by atoms with Crippen LogP contribution in [0.15, 0.2) is 41.8 Å². The van der Waals surface area contributed by atoms with Gasteiger partial charge in [-0.05, 0) is 31.5 Å². The number of ether oxygens (including phenoxy) is 1. The minimum atomic E-state index is 0.0262. The second-order valence-corrected chi connectivity index (χ2v) is 6.27. The summed E-state index contributed by atoms with van der Waals surface area (Å²) >= 11 is 1.65. The van der Waals surface area contributed by atoms with Crippen molar-refractivity contribution >= 4 is 17.2 Å². The fourth-order valence-corrected chi connectivity index (χ4v) is 3.06. The van der Waals surface area contributed by atoms with Gasteiger partial charge in [-0.25, -0.2) is 0 Å². The van der Waals surface area contributed by atoms with Gasteiger partial charge in [-0.2, -0.15) is 0 Å². The van der Waals surface area contributed by atoms with Gasteiger partial charge in [0.15, 0.2) is 0 Å². The number of nitrogens with one attached hydrogen (secondary N) is 1. The van der Waals surface area contributed by atoms with E-state index in [2.05, 4.69) is 5.32 Å². The van der Waals surface area contributed by atoms with E-state index in [1.807, 2.05) is 60.6 Å². The predicted octanol–water partition coefficient (Wildman–Crippen LogP) is 3.07. The summed E-state index contributed by atoms with van der Waals surface area (Å²) in [6, 6.07) is 11.9. The van der Waals surface area contributed by atoms with Gasteiger partial charge in [-0.1, -0.05) is 24.3 Å². The van der Waals surface area contributed by atoms with Crippen molar-refractivity contribution in [2.45, 2.75) is 19.5 Å². The third kappa shape index (κ3) is 4.58. The van der Waals surface area contributed by atoms with Gasteiger partial charge in [0.05, 0.1) is 19.7 Å². The van der Waals surface area contributed by atoms with Crippen LogP contribution in [-0.2, 0) is 11.3 Å². The van der Waals surface area contributed by atoms with Crippen LogP contribution < -0.4 is 10.1 Å². The molecule has 1 aromatic heterocycles. The summed E-state index contributed by atoms with van der Waals surface area (Å²) in [6.45, 7) is 3.03. The van der Waals surface area contributed by atoms with Crippen LogP contribution in [0.1, 0.15) is 23.4 Å². The Morgan fingerprint density at radius 3 is 2.77 bits per heavy atom. The molecule has 0 saturated carbocycles. The van der Waals surface area contributed by atoms with Crippen molar-refractivity contribution in [3.05, 3.63) is 52.2 Å². The van der Waals surface area contributed by atoms with Crippen LogP contribution in [0.5, 0.6) is 5.75 Å². The average Bonchev–Trinajstić information content (AvgIpc) is 3.01. The number of hydrogen-bond acceptors (Lipinski definition) is 4. The van der Waals surface area contributed by atoms with E-state index in [1.54, 1.807) is 18.4 Å². The minimum Gasteiger partial charge on any atom is -0.496 e. The summed E-state index contributed by atoms with van der Waals surface area (Å²) in [5.41, 5.74) is 1.08. The van der Waals surface area contributed by atoms with Crippen molar-refractivity contribution in [1.82, 2.24) is 10.2 Å². The van der Waals surface area contributed by atoms with Crippen LogP contribution >= 0.6 is 11.3 Å². The number of hydrogen-bond donors (Lipinski definition) is 1. The summed E-state index contributed by atoms with van der Waals surface area (Å²) in [4.78, 5) is 15.3. The maximum Gasteiger partial charge on any atom is 0.234 e. The van der Waals surface area contributed by atoms with Crippen molar-refractivity contribution in [2.24, 2.45) is 0 Å². The Balaban J connectivity index is 1.86. The fraction of sp³-hybridized carbons (Fsp3) is 0.353. The lowest BCUT2D eigenvalue weighted by atomic mass is 10.2. The molecule has 0 aliphatic rings. The van der Waals surface area contributed by atoms with E-state index in [0.717, 1.165) is 11.3 Å². The molecule has 0 aliphatic carbocycles. The molecule has 0 fully saturated rings. The highest BCUT2D eigenvalue weighted by Gasteiger charge is 2.13. The molecule has 1 amide bonds. The van der Waals surface area contributed by atoms with Crippen LogP contribution in [0.25, 0.3) is 0 Å². The number of carbonyl (C=O) groups is 1. The minimum absolute atomic E-state index is 0.0262. The third-order valence-electron chi connectivity index (χ3n) is 3.39. The number of carbonyl (C=O) groups excluding carboxylic acids is 1. The van der Waals surface area contributed by atoms with Crippen LogP contribution in [0.4, 0.5) is 0 Å². The first-order valence-corrected chi connectivity index (χ1v) is 8.11. The molecule has 0 saturated heterocycles. The highest BCUT2D eigenvalue weighted by Crippen LogP contribution is 2.19. The second-order valence-electron chi connectivity index (χ2n) is 5.29. The summed E-state index contributed by atoms with van der Waals surface area (Å²) in [5.74, 6) is 0.875. The lowest BCUT2D eigenvalue weighted by molar-refractivity contribution is -0.122. The van der Waals surface area contributed by atoms with Gasteiger partial charge in [-0.15, -0.1) is 11.3 Å². The number of para-hydroxylation sites is 1. The van der Waals surface area contributed by atoms with E-state index in [4.69, 9.17) is 4.74 Å². The molecule has 2 aromatic rings. The van der Waals surface area contributed by atoms with Crippen LogP contribution in [0.3, 0.4) is 0 Å². The van der Waals surface area contributed by atoms with Crippen molar-refractivity contribution in [2.75, 3.05) is 20.7 Å². The van der Waals surface area contributed by atoms with Gasteiger partial charge in [0.25, 0.3) is 0 Å². The summed E-state index contributed by atoms with van der Waals surface area (Å²) in [6.07, 6.45) is 0. The number of thiophene rings is 1. The Morgan fingerprint density at radius 1 is 1.32 bits per heavy atom. The predicted molar refractivity (Wildman–Crippen MR) is 90.2 cm³/mol. The van der Waals surface area contributed by atoms with Crippen molar-refractivity contribution in [3.8, 4) is 5.75 Å². The summed E-state index contributed by atoms with van der Waals surface area (Å²) in [5, 5.41) is 5.05. The molecule has 0 aliphatic heterocycles. The summed E-state index contributed by atoms with van der Waals surface area (Å²) in [7, 11) is 3.59. The Labute approximate surface area is 135 Å². The smallest absolute Gasteiger partial charge is 0.234 e. The molecule has 1 aromatic carbocycles. The Hall–Kier alpha value is -1.85. The SMILES string of the molecule is COc1ccccc1CN(C)CC(=O)NC(C)c1cccs1. The highest BCUT2D eigenvalue weighted by molar-refractivity contribution is 7.10. The second kappa shape index (κ2) is 7.96. The number of likely N-dealkylation sites (N-methyl/N-ethyl adjacent to an activating group) is 1. The van der Waals surface area contributed by atoms with Crippen molar-refractivity contribution in [1.29, 1.82) is 0 Å². The van der Waals surface area contributed by atoms with Gasteiger partial charge in [0, 0.05) is 17.0 Å². The molecule has 1 atom stereocenters. The van der Waals surface area contributed by atoms with Crippen LogP contribution in [0, 0.1) is 0 Å². The monoisotopic (exact) mass is 318 g/mol. The molecule has 4 nitrogen and oxygen atoms in total. The first-order valence-electron chi connectivity index (χ1n) is 7.23. The third-order valence-corrected chi connectivity index (χ3v) is 4.45. The number of rotatable bonds is 7. The number of methoxy groups -OCH3 is 1. The molecular formula is C17H22N2O2S. The molecule has 0 bridgehead atoms. The van der Waals surface area contributed by atoms with Crippen LogP contribution in [-0.4, -0.2) is 31.5 Å². The average molecular weight is 318 g/mol. The lowest BCUT2D eigenvalue weighted by Gasteiger charge is -2.19. The molecule has 22 heavy (non-hydrogen) atoms. The fourth-order valence-electron chi connectivity index (χ4n) is 2.32. The molecule has 0 radical (unpaired) electrons. The molecule has 2 rings (SSSR count). The Morgan fingerprint density at radius 2 is 2.09 bits per heavy atom. The van der Waals surface area contributed by atoms with Crippen LogP contribution in [0.2, 0.25) is 0 Å². The molecular weight excluding hydrogens is 296 g/mol. The van der Waals surface area contributed by atoms with Crippen molar-refractivity contribution in [3.63, 3.8) is 0 Å². The van der Waals surface area contributed by atoms with Gasteiger partial charge < -0.3 is 10.1 Å². The molecule has 0 spiro atoms. The first-order chi connectivity index (χ1) is 10.6. The lowest BCUT2D eigenvalue weighted by Crippen LogP contribution is -2.36. The largest absolute Gasteiger partial charge is 0.496 e. The standard InChI is InChI=1S/C17H22N2O2S/c1-13(16-9-6-10-22-16)18-17(20)12-19(2)11-14-7-4-5-8-15(14)21-3/h4-10,13H,11-12H2,1-3H3,(H,18,20). The van der Waals surface area contributed by atoms with E-state index < -0.39 is 0 Å². The zero-order valence-corrected chi connectivity index (χ0v) is 14.0. The zero-order valence-electron chi connectivity index (χ0n) is 13.2. The quantitative estimate of drug-likeness (QED) is 0.853. The molecule has 1 heterocycles.